The standard InChI is InChI=1S/C18H31NO3/c1-3-18(4-2)10-5-12-19(13-11-18)16(20)14-6-8-15(9-7-14)17(21)22/h14-15H,3-13H2,1-2H3,(H,21,22). The first-order valence-corrected chi connectivity index (χ1v) is 9.03. The summed E-state index contributed by atoms with van der Waals surface area (Å²) < 4.78 is 0. The lowest BCUT2D eigenvalue weighted by atomic mass is 9.76. The second-order valence-corrected chi connectivity index (χ2v) is 7.27. The van der Waals surface area contributed by atoms with E-state index in [1.54, 1.807) is 0 Å². The van der Waals surface area contributed by atoms with Crippen molar-refractivity contribution in [2.24, 2.45) is 17.3 Å². The molecule has 126 valence electrons. The fourth-order valence-electron chi connectivity index (χ4n) is 4.28. The van der Waals surface area contributed by atoms with E-state index in [1.165, 1.54) is 19.3 Å². The summed E-state index contributed by atoms with van der Waals surface area (Å²) in [5.74, 6) is -0.587. The van der Waals surface area contributed by atoms with E-state index in [9.17, 15) is 9.59 Å². The molecule has 1 heterocycles. The van der Waals surface area contributed by atoms with Gasteiger partial charge in [-0.15, -0.1) is 0 Å². The van der Waals surface area contributed by atoms with E-state index in [2.05, 4.69) is 18.7 Å². The lowest BCUT2D eigenvalue weighted by Gasteiger charge is -2.32. The summed E-state index contributed by atoms with van der Waals surface area (Å²) in [7, 11) is 0. The second kappa shape index (κ2) is 7.47. The topological polar surface area (TPSA) is 57.6 Å². The Hall–Kier alpha value is -1.06. The maximum Gasteiger partial charge on any atom is 0.306 e. The van der Waals surface area contributed by atoms with Gasteiger partial charge in [0.2, 0.25) is 5.91 Å². The molecular weight excluding hydrogens is 278 g/mol. The number of carbonyl (C=O) groups excluding carboxylic acids is 1. The van der Waals surface area contributed by atoms with Gasteiger partial charge in [-0.05, 0) is 50.4 Å². The normalized spacial score (nSPS) is 28.9. The van der Waals surface area contributed by atoms with Crippen LogP contribution in [0, 0.1) is 17.3 Å². The van der Waals surface area contributed by atoms with E-state index in [-0.39, 0.29) is 17.7 Å². The van der Waals surface area contributed by atoms with Gasteiger partial charge in [-0.2, -0.15) is 0 Å². The van der Waals surface area contributed by atoms with Crippen LogP contribution in [0.3, 0.4) is 0 Å². The molecule has 0 spiro atoms. The van der Waals surface area contributed by atoms with E-state index in [0.717, 1.165) is 38.8 Å². The van der Waals surface area contributed by atoms with Gasteiger partial charge in [0.15, 0.2) is 0 Å². The van der Waals surface area contributed by atoms with E-state index >= 15 is 0 Å². The smallest absolute Gasteiger partial charge is 0.306 e. The molecule has 1 saturated carbocycles. The van der Waals surface area contributed by atoms with Crippen molar-refractivity contribution in [3.8, 4) is 0 Å². The molecule has 2 rings (SSSR count). The number of rotatable bonds is 4. The van der Waals surface area contributed by atoms with Crippen molar-refractivity contribution in [1.29, 1.82) is 0 Å². The Balaban J connectivity index is 1.89. The molecule has 0 radical (unpaired) electrons. The number of amides is 1. The largest absolute Gasteiger partial charge is 0.481 e. The van der Waals surface area contributed by atoms with E-state index in [0.29, 0.717) is 18.3 Å². The molecule has 4 nitrogen and oxygen atoms in total. The molecule has 1 amide bonds. The summed E-state index contributed by atoms with van der Waals surface area (Å²) in [4.78, 5) is 25.8. The Morgan fingerprint density at radius 1 is 1.00 bits per heavy atom. The molecule has 0 aromatic rings. The van der Waals surface area contributed by atoms with Gasteiger partial charge in [0.05, 0.1) is 5.92 Å². The Bertz CT molecular complexity index is 395. The number of hydrogen-bond acceptors (Lipinski definition) is 2. The zero-order valence-electron chi connectivity index (χ0n) is 14.1. The van der Waals surface area contributed by atoms with Gasteiger partial charge < -0.3 is 10.0 Å². The SMILES string of the molecule is CCC1(CC)CCCN(C(=O)C2CCC(C(=O)O)CC2)CC1. The first-order chi connectivity index (χ1) is 10.5. The van der Waals surface area contributed by atoms with Gasteiger partial charge >= 0.3 is 5.97 Å². The van der Waals surface area contributed by atoms with Gasteiger partial charge in [0, 0.05) is 19.0 Å². The van der Waals surface area contributed by atoms with Gasteiger partial charge in [-0.1, -0.05) is 26.7 Å². The summed E-state index contributed by atoms with van der Waals surface area (Å²) in [5, 5.41) is 9.07. The van der Waals surface area contributed by atoms with E-state index in [1.807, 2.05) is 0 Å². The summed E-state index contributed by atoms with van der Waals surface area (Å²) in [6.45, 7) is 6.32. The predicted octanol–water partition coefficient (Wildman–Crippen LogP) is 3.70. The van der Waals surface area contributed by atoms with Gasteiger partial charge in [0.25, 0.3) is 0 Å². The van der Waals surface area contributed by atoms with Crippen LogP contribution in [-0.2, 0) is 9.59 Å². The number of aliphatic carboxylic acids is 1. The molecule has 2 aliphatic rings. The maximum absolute atomic E-state index is 12.7. The Kier molecular flexibility index (Phi) is 5.87. The molecule has 0 atom stereocenters. The highest BCUT2D eigenvalue weighted by atomic mass is 16.4. The van der Waals surface area contributed by atoms with Crippen molar-refractivity contribution in [3.05, 3.63) is 0 Å². The molecule has 1 aliphatic heterocycles. The van der Waals surface area contributed by atoms with Gasteiger partial charge in [0.1, 0.15) is 0 Å². The zero-order chi connectivity index (χ0) is 16.2. The maximum atomic E-state index is 12.7. The monoisotopic (exact) mass is 309 g/mol. The van der Waals surface area contributed by atoms with Crippen LogP contribution in [0.2, 0.25) is 0 Å². The summed E-state index contributed by atoms with van der Waals surface area (Å²) in [6, 6.07) is 0. The predicted molar refractivity (Wildman–Crippen MR) is 86.5 cm³/mol. The van der Waals surface area contributed by atoms with Crippen molar-refractivity contribution in [2.45, 2.75) is 71.6 Å². The average Bonchev–Trinajstić information content (AvgIpc) is 2.77. The molecule has 22 heavy (non-hydrogen) atoms. The number of likely N-dealkylation sites (tertiary alicyclic amines) is 1. The van der Waals surface area contributed by atoms with Crippen LogP contribution in [0.25, 0.3) is 0 Å². The third kappa shape index (κ3) is 3.82. The van der Waals surface area contributed by atoms with Crippen LogP contribution < -0.4 is 0 Å². The minimum absolute atomic E-state index is 0.0614. The quantitative estimate of drug-likeness (QED) is 0.861. The second-order valence-electron chi connectivity index (χ2n) is 7.27. The van der Waals surface area contributed by atoms with E-state index < -0.39 is 5.97 Å². The summed E-state index contributed by atoms with van der Waals surface area (Å²) >= 11 is 0. The summed E-state index contributed by atoms with van der Waals surface area (Å²) in [6.07, 6.45) is 8.69. The fourth-order valence-corrected chi connectivity index (χ4v) is 4.28. The lowest BCUT2D eigenvalue weighted by Crippen LogP contribution is -2.39. The Morgan fingerprint density at radius 3 is 2.14 bits per heavy atom. The van der Waals surface area contributed by atoms with Crippen LogP contribution in [0.4, 0.5) is 0 Å². The Morgan fingerprint density at radius 2 is 1.59 bits per heavy atom. The molecule has 0 aromatic heterocycles. The minimum atomic E-state index is -0.698. The Labute approximate surface area is 134 Å². The van der Waals surface area contributed by atoms with Crippen molar-refractivity contribution >= 4 is 11.9 Å². The van der Waals surface area contributed by atoms with Gasteiger partial charge in [-0.25, -0.2) is 0 Å². The number of carboxylic acid groups (broad SMARTS) is 1. The highest BCUT2D eigenvalue weighted by molar-refractivity contribution is 5.79. The number of nitrogens with zero attached hydrogens (tertiary/aromatic N) is 1. The van der Waals surface area contributed by atoms with Crippen LogP contribution >= 0.6 is 0 Å². The molecule has 0 aromatic carbocycles. The highest BCUT2D eigenvalue weighted by Gasteiger charge is 2.35. The lowest BCUT2D eigenvalue weighted by molar-refractivity contribution is -0.145. The molecule has 0 unspecified atom stereocenters. The number of carboxylic acids is 1. The van der Waals surface area contributed by atoms with Crippen molar-refractivity contribution < 1.29 is 14.7 Å². The molecule has 4 heteroatoms. The van der Waals surface area contributed by atoms with Crippen LogP contribution in [0.1, 0.15) is 71.6 Å². The molecule has 1 saturated heterocycles. The first kappa shape index (κ1) is 17.3. The third-order valence-electron chi connectivity index (χ3n) is 6.28. The molecule has 2 fully saturated rings. The average molecular weight is 309 g/mol. The molecule has 1 aliphatic carbocycles. The van der Waals surface area contributed by atoms with Crippen molar-refractivity contribution in [2.75, 3.05) is 13.1 Å². The van der Waals surface area contributed by atoms with E-state index in [4.69, 9.17) is 5.11 Å². The number of hydrogen-bond donors (Lipinski definition) is 1. The highest BCUT2D eigenvalue weighted by Crippen LogP contribution is 2.38. The zero-order valence-corrected chi connectivity index (χ0v) is 14.1. The summed E-state index contributed by atoms with van der Waals surface area (Å²) in [5.41, 5.74) is 0.427. The van der Waals surface area contributed by atoms with Crippen LogP contribution in [0.5, 0.6) is 0 Å². The minimum Gasteiger partial charge on any atom is -0.481 e. The molecule has 1 N–H and O–H groups in total. The van der Waals surface area contributed by atoms with Crippen LogP contribution in [0.15, 0.2) is 0 Å². The van der Waals surface area contributed by atoms with Crippen molar-refractivity contribution in [3.63, 3.8) is 0 Å². The fraction of sp³-hybridized carbons (Fsp3) is 0.889. The molecule has 0 bridgehead atoms. The van der Waals surface area contributed by atoms with Gasteiger partial charge in [-0.3, -0.25) is 9.59 Å². The third-order valence-corrected chi connectivity index (χ3v) is 6.28. The first-order valence-electron chi connectivity index (χ1n) is 9.03. The molecular formula is C18H31NO3. The van der Waals surface area contributed by atoms with Crippen LogP contribution in [-0.4, -0.2) is 35.0 Å². The van der Waals surface area contributed by atoms with Crippen molar-refractivity contribution in [1.82, 2.24) is 4.90 Å². The number of carbonyl (C=O) groups is 2.